The molecule has 0 spiro atoms. The van der Waals surface area contributed by atoms with Gasteiger partial charge < -0.3 is 4.90 Å². The molecule has 0 heterocycles. The van der Waals surface area contributed by atoms with Crippen molar-refractivity contribution in [1.29, 1.82) is 0 Å². The van der Waals surface area contributed by atoms with E-state index in [0.717, 1.165) is 13.1 Å². The lowest BCUT2D eigenvalue weighted by molar-refractivity contribution is 0.380. The molecule has 1 nitrogen and oxygen atoms in total. The molecule has 0 amide bonds. The molecule has 0 unspecified atom stereocenters. The van der Waals surface area contributed by atoms with Crippen LogP contribution in [0.1, 0.15) is 34.6 Å². The topological polar surface area (TPSA) is 3.24 Å². The zero-order valence-corrected chi connectivity index (χ0v) is 8.52. The lowest BCUT2D eigenvalue weighted by Crippen LogP contribution is -2.20. The molecule has 11 heavy (non-hydrogen) atoms. The second kappa shape index (κ2) is 5.22. The van der Waals surface area contributed by atoms with Gasteiger partial charge in [-0.15, -0.1) is 0 Å². The molecule has 0 rings (SSSR count). The fourth-order valence-electron chi connectivity index (χ4n) is 1.31. The SMILES string of the molecule is CCN(CC)C(C)=CC(C)C. The Morgan fingerprint density at radius 3 is 2.00 bits per heavy atom. The van der Waals surface area contributed by atoms with E-state index in [1.54, 1.807) is 0 Å². The first-order chi connectivity index (χ1) is 5.11. The van der Waals surface area contributed by atoms with Gasteiger partial charge in [0.05, 0.1) is 0 Å². The van der Waals surface area contributed by atoms with Crippen LogP contribution in [0.5, 0.6) is 0 Å². The molecule has 0 aliphatic heterocycles. The van der Waals surface area contributed by atoms with E-state index >= 15 is 0 Å². The Kier molecular flexibility index (Phi) is 5.01. The molecular formula is C10H21N. The number of allylic oxidation sites excluding steroid dienone is 2. The smallest absolute Gasteiger partial charge is 0.0146 e. The van der Waals surface area contributed by atoms with Crippen LogP contribution in [-0.2, 0) is 0 Å². The zero-order chi connectivity index (χ0) is 8.85. The molecule has 0 aliphatic rings. The number of hydrogen-bond acceptors (Lipinski definition) is 1. The van der Waals surface area contributed by atoms with Crippen molar-refractivity contribution in [3.05, 3.63) is 11.8 Å². The average molecular weight is 155 g/mol. The summed E-state index contributed by atoms with van der Waals surface area (Å²) in [6, 6.07) is 0. The van der Waals surface area contributed by atoms with Crippen molar-refractivity contribution >= 4 is 0 Å². The predicted octanol–water partition coefficient (Wildman–Crippen LogP) is 2.89. The molecule has 0 atom stereocenters. The Bertz CT molecular complexity index is 121. The van der Waals surface area contributed by atoms with Crippen molar-refractivity contribution in [2.75, 3.05) is 13.1 Å². The standard InChI is InChI=1S/C10H21N/c1-6-11(7-2)10(5)8-9(3)4/h8-9H,6-7H2,1-5H3. The van der Waals surface area contributed by atoms with E-state index in [4.69, 9.17) is 0 Å². The first-order valence-electron chi connectivity index (χ1n) is 4.55. The van der Waals surface area contributed by atoms with Crippen molar-refractivity contribution < 1.29 is 0 Å². The summed E-state index contributed by atoms with van der Waals surface area (Å²) in [5.74, 6) is 0.663. The lowest BCUT2D eigenvalue weighted by Gasteiger charge is -2.22. The summed E-state index contributed by atoms with van der Waals surface area (Å²) in [4.78, 5) is 2.38. The maximum atomic E-state index is 2.38. The van der Waals surface area contributed by atoms with Crippen LogP contribution in [-0.4, -0.2) is 18.0 Å². The van der Waals surface area contributed by atoms with E-state index in [1.807, 2.05) is 0 Å². The average Bonchev–Trinajstić information content (AvgIpc) is 1.88. The van der Waals surface area contributed by atoms with Crippen LogP contribution in [0.3, 0.4) is 0 Å². The molecule has 0 radical (unpaired) electrons. The van der Waals surface area contributed by atoms with Gasteiger partial charge in [0, 0.05) is 18.8 Å². The Balaban J connectivity index is 4.07. The predicted molar refractivity (Wildman–Crippen MR) is 51.5 cm³/mol. The molecule has 0 fully saturated rings. The van der Waals surface area contributed by atoms with Crippen LogP contribution >= 0.6 is 0 Å². The van der Waals surface area contributed by atoms with Crippen LogP contribution < -0.4 is 0 Å². The fourth-order valence-corrected chi connectivity index (χ4v) is 1.31. The minimum atomic E-state index is 0.663. The highest BCUT2D eigenvalue weighted by molar-refractivity contribution is 4.98. The molecule has 0 saturated heterocycles. The third kappa shape index (κ3) is 4.07. The molecule has 0 bridgehead atoms. The molecule has 0 N–H and O–H groups in total. The van der Waals surface area contributed by atoms with E-state index in [1.165, 1.54) is 5.70 Å². The third-order valence-electron chi connectivity index (χ3n) is 1.84. The number of hydrogen-bond donors (Lipinski definition) is 0. The molecule has 0 aromatic carbocycles. The first-order valence-corrected chi connectivity index (χ1v) is 4.55. The Hall–Kier alpha value is -0.460. The van der Waals surface area contributed by atoms with Gasteiger partial charge in [0.25, 0.3) is 0 Å². The molecule has 0 aromatic heterocycles. The van der Waals surface area contributed by atoms with Crippen molar-refractivity contribution in [3.63, 3.8) is 0 Å². The highest BCUT2D eigenvalue weighted by Gasteiger charge is 1.99. The van der Waals surface area contributed by atoms with E-state index in [0.29, 0.717) is 5.92 Å². The van der Waals surface area contributed by atoms with Gasteiger partial charge in [-0.25, -0.2) is 0 Å². The molecule has 0 saturated carbocycles. The number of rotatable bonds is 4. The van der Waals surface area contributed by atoms with Gasteiger partial charge in [-0.1, -0.05) is 19.9 Å². The van der Waals surface area contributed by atoms with E-state index < -0.39 is 0 Å². The third-order valence-corrected chi connectivity index (χ3v) is 1.84. The summed E-state index contributed by atoms with van der Waals surface area (Å²) >= 11 is 0. The first kappa shape index (κ1) is 10.5. The summed E-state index contributed by atoms with van der Waals surface area (Å²) in [6.07, 6.45) is 2.31. The van der Waals surface area contributed by atoms with Gasteiger partial charge in [-0.05, 0) is 26.7 Å². The molecule has 66 valence electrons. The Labute approximate surface area is 71.1 Å². The summed E-state index contributed by atoms with van der Waals surface area (Å²) in [5, 5.41) is 0. The van der Waals surface area contributed by atoms with Crippen LogP contribution in [0.2, 0.25) is 0 Å². The van der Waals surface area contributed by atoms with Crippen molar-refractivity contribution in [1.82, 2.24) is 4.90 Å². The minimum absolute atomic E-state index is 0.663. The maximum Gasteiger partial charge on any atom is 0.0146 e. The van der Waals surface area contributed by atoms with Crippen LogP contribution in [0.4, 0.5) is 0 Å². The Morgan fingerprint density at radius 2 is 1.73 bits per heavy atom. The highest BCUT2D eigenvalue weighted by Crippen LogP contribution is 2.06. The quantitative estimate of drug-likeness (QED) is 0.603. The lowest BCUT2D eigenvalue weighted by atomic mass is 10.2. The van der Waals surface area contributed by atoms with E-state index in [2.05, 4.69) is 45.6 Å². The van der Waals surface area contributed by atoms with Crippen molar-refractivity contribution in [2.24, 2.45) is 5.92 Å². The second-order valence-corrected chi connectivity index (χ2v) is 3.22. The van der Waals surface area contributed by atoms with Gasteiger partial charge in [0.1, 0.15) is 0 Å². The maximum absolute atomic E-state index is 2.38. The van der Waals surface area contributed by atoms with Crippen LogP contribution in [0.15, 0.2) is 11.8 Å². The van der Waals surface area contributed by atoms with Crippen molar-refractivity contribution in [3.8, 4) is 0 Å². The van der Waals surface area contributed by atoms with Crippen molar-refractivity contribution in [2.45, 2.75) is 34.6 Å². The second-order valence-electron chi connectivity index (χ2n) is 3.22. The van der Waals surface area contributed by atoms with E-state index in [9.17, 15) is 0 Å². The minimum Gasteiger partial charge on any atom is -0.376 e. The normalized spacial score (nSPS) is 12.4. The zero-order valence-electron chi connectivity index (χ0n) is 8.52. The van der Waals surface area contributed by atoms with Gasteiger partial charge in [-0.3, -0.25) is 0 Å². The van der Waals surface area contributed by atoms with Crippen LogP contribution in [0.25, 0.3) is 0 Å². The van der Waals surface area contributed by atoms with Gasteiger partial charge >= 0.3 is 0 Å². The summed E-state index contributed by atoms with van der Waals surface area (Å²) in [5.41, 5.74) is 1.41. The summed E-state index contributed by atoms with van der Waals surface area (Å²) in [7, 11) is 0. The van der Waals surface area contributed by atoms with Gasteiger partial charge in [-0.2, -0.15) is 0 Å². The van der Waals surface area contributed by atoms with Gasteiger partial charge in [0.15, 0.2) is 0 Å². The summed E-state index contributed by atoms with van der Waals surface area (Å²) in [6.45, 7) is 13.2. The monoisotopic (exact) mass is 155 g/mol. The molecule has 0 aromatic rings. The fraction of sp³-hybridized carbons (Fsp3) is 0.800. The number of nitrogens with zero attached hydrogens (tertiary/aromatic N) is 1. The highest BCUT2D eigenvalue weighted by atomic mass is 15.1. The molecule has 0 aliphatic carbocycles. The largest absolute Gasteiger partial charge is 0.376 e. The molecule has 1 heteroatoms. The van der Waals surface area contributed by atoms with Crippen LogP contribution in [0, 0.1) is 5.92 Å². The summed E-state index contributed by atoms with van der Waals surface area (Å²) < 4.78 is 0. The Morgan fingerprint density at radius 1 is 1.27 bits per heavy atom. The molecular weight excluding hydrogens is 134 g/mol. The van der Waals surface area contributed by atoms with Gasteiger partial charge in [0.2, 0.25) is 0 Å². The van der Waals surface area contributed by atoms with E-state index in [-0.39, 0.29) is 0 Å².